The van der Waals surface area contributed by atoms with Gasteiger partial charge in [-0.1, -0.05) is 5.16 Å². The van der Waals surface area contributed by atoms with Crippen molar-refractivity contribution < 1.29 is 13.7 Å². The summed E-state index contributed by atoms with van der Waals surface area (Å²) in [5, 5.41) is 4.03. The predicted octanol–water partition coefficient (Wildman–Crippen LogP) is 3.17. The number of carbonyl (C=O) groups is 1. The number of nitrogens with zero attached hydrogens (tertiary/aromatic N) is 3. The normalized spacial score (nSPS) is 17.6. The highest BCUT2D eigenvalue weighted by Gasteiger charge is 2.32. The molecule has 0 N–H and O–H groups in total. The van der Waals surface area contributed by atoms with E-state index < -0.39 is 5.82 Å². The number of amides is 1. The number of halogens is 1. The molecule has 1 atom stereocenters. The van der Waals surface area contributed by atoms with Crippen molar-refractivity contribution in [2.75, 3.05) is 25.5 Å². The molecule has 0 aliphatic carbocycles. The van der Waals surface area contributed by atoms with Crippen molar-refractivity contribution in [3.8, 4) is 0 Å². The van der Waals surface area contributed by atoms with Crippen molar-refractivity contribution in [3.05, 3.63) is 47.1 Å². The van der Waals surface area contributed by atoms with E-state index in [1.807, 2.05) is 13.0 Å². The Morgan fingerprint density at radius 3 is 2.78 bits per heavy atom. The zero-order valence-electron chi connectivity index (χ0n) is 13.5. The summed E-state index contributed by atoms with van der Waals surface area (Å²) in [5.41, 5.74) is 1.59. The Hall–Kier alpha value is -2.37. The molecule has 1 aliphatic heterocycles. The van der Waals surface area contributed by atoms with Gasteiger partial charge in [0.15, 0.2) is 0 Å². The van der Waals surface area contributed by atoms with Gasteiger partial charge in [0, 0.05) is 32.3 Å². The van der Waals surface area contributed by atoms with Gasteiger partial charge < -0.3 is 14.3 Å². The van der Waals surface area contributed by atoms with E-state index in [1.54, 1.807) is 36.0 Å². The quantitative estimate of drug-likeness (QED) is 0.872. The minimum atomic E-state index is -0.395. The van der Waals surface area contributed by atoms with E-state index in [0.717, 1.165) is 24.3 Å². The van der Waals surface area contributed by atoms with E-state index in [0.29, 0.717) is 17.8 Å². The number of anilines is 1. The lowest BCUT2D eigenvalue weighted by Gasteiger charge is -2.23. The summed E-state index contributed by atoms with van der Waals surface area (Å²) in [6, 6.07) is 6.36. The molecular weight excluding hydrogens is 297 g/mol. The zero-order valence-corrected chi connectivity index (χ0v) is 13.5. The molecular formula is C17H20FN3O2. The Balaban J connectivity index is 1.86. The highest BCUT2D eigenvalue weighted by atomic mass is 19.1. The van der Waals surface area contributed by atoms with Crippen molar-refractivity contribution in [1.82, 2.24) is 10.1 Å². The third kappa shape index (κ3) is 2.93. The molecule has 5 nitrogen and oxygen atoms in total. The number of aryl methyl sites for hydroxylation is 1. The summed E-state index contributed by atoms with van der Waals surface area (Å²) in [6.45, 7) is 2.47. The number of aromatic nitrogens is 1. The van der Waals surface area contributed by atoms with Crippen LogP contribution < -0.4 is 4.90 Å². The van der Waals surface area contributed by atoms with E-state index in [4.69, 9.17) is 4.52 Å². The number of likely N-dealkylation sites (tertiary alicyclic amines) is 1. The van der Waals surface area contributed by atoms with E-state index in [1.165, 1.54) is 6.07 Å². The van der Waals surface area contributed by atoms with Crippen LogP contribution in [0, 0.1) is 12.7 Å². The maximum atomic E-state index is 14.1. The lowest BCUT2D eigenvalue weighted by atomic mass is 10.1. The molecule has 1 aromatic heterocycles. The average molecular weight is 317 g/mol. The number of carbonyl (C=O) groups excluding carboxylic acids is 1. The molecule has 1 saturated heterocycles. The van der Waals surface area contributed by atoms with Gasteiger partial charge in [-0.25, -0.2) is 4.39 Å². The van der Waals surface area contributed by atoms with Crippen molar-refractivity contribution >= 4 is 11.6 Å². The first-order valence-corrected chi connectivity index (χ1v) is 7.68. The Bertz CT molecular complexity index is 726. The third-order valence-corrected chi connectivity index (χ3v) is 4.18. The molecule has 0 bridgehead atoms. The van der Waals surface area contributed by atoms with Crippen LogP contribution in [-0.4, -0.2) is 36.6 Å². The number of hydrogen-bond acceptors (Lipinski definition) is 4. The zero-order chi connectivity index (χ0) is 16.6. The van der Waals surface area contributed by atoms with Gasteiger partial charge in [-0.15, -0.1) is 0 Å². The van der Waals surface area contributed by atoms with E-state index >= 15 is 0 Å². The molecule has 1 amide bonds. The van der Waals surface area contributed by atoms with Crippen molar-refractivity contribution in [1.29, 1.82) is 0 Å². The first-order chi connectivity index (χ1) is 11.0. The van der Waals surface area contributed by atoms with Crippen LogP contribution in [0.15, 0.2) is 28.8 Å². The van der Waals surface area contributed by atoms with Crippen molar-refractivity contribution in [2.45, 2.75) is 25.8 Å². The molecule has 1 aliphatic rings. The molecule has 122 valence electrons. The van der Waals surface area contributed by atoms with Crippen LogP contribution in [-0.2, 0) is 0 Å². The maximum absolute atomic E-state index is 14.1. The molecule has 1 fully saturated rings. The summed E-state index contributed by atoms with van der Waals surface area (Å²) in [6.07, 6.45) is 1.75. The average Bonchev–Trinajstić information content (AvgIpc) is 3.14. The Morgan fingerprint density at radius 1 is 1.39 bits per heavy atom. The van der Waals surface area contributed by atoms with Crippen LogP contribution in [0.3, 0.4) is 0 Å². The van der Waals surface area contributed by atoms with Gasteiger partial charge in [-0.2, -0.15) is 0 Å². The molecule has 6 heteroatoms. The van der Waals surface area contributed by atoms with Gasteiger partial charge in [0.1, 0.15) is 17.3 Å². The number of hydrogen-bond donors (Lipinski definition) is 0. The first-order valence-electron chi connectivity index (χ1n) is 7.68. The molecule has 0 spiro atoms. The summed E-state index contributed by atoms with van der Waals surface area (Å²) in [4.78, 5) is 16.2. The fourth-order valence-corrected chi connectivity index (χ4v) is 3.03. The minimum Gasteiger partial charge on any atom is -0.375 e. The standard InChI is InChI=1S/C17H20FN3O2/c1-11-9-14(19-23-11)16-5-4-8-21(16)17(22)12-6-7-15(20(2)3)13(18)10-12/h6-7,9-10,16H,4-5,8H2,1-3H3/t16-/m1/s1. The maximum Gasteiger partial charge on any atom is 0.254 e. The topological polar surface area (TPSA) is 49.6 Å². The second kappa shape index (κ2) is 6.02. The van der Waals surface area contributed by atoms with Gasteiger partial charge in [0.25, 0.3) is 5.91 Å². The fourth-order valence-electron chi connectivity index (χ4n) is 3.03. The Labute approximate surface area is 134 Å². The van der Waals surface area contributed by atoms with Gasteiger partial charge in [-0.3, -0.25) is 4.79 Å². The minimum absolute atomic E-state index is 0.100. The van der Waals surface area contributed by atoms with Gasteiger partial charge in [-0.05, 0) is 38.0 Å². The van der Waals surface area contributed by atoms with E-state index in [2.05, 4.69) is 5.16 Å². The molecule has 0 radical (unpaired) electrons. The molecule has 2 aromatic rings. The molecule has 3 rings (SSSR count). The van der Waals surface area contributed by atoms with Crippen LogP contribution in [0.5, 0.6) is 0 Å². The van der Waals surface area contributed by atoms with Gasteiger partial charge in [0.05, 0.1) is 11.7 Å². The van der Waals surface area contributed by atoms with Crippen LogP contribution in [0.4, 0.5) is 10.1 Å². The van der Waals surface area contributed by atoms with Crippen LogP contribution >= 0.6 is 0 Å². The number of benzene rings is 1. The third-order valence-electron chi connectivity index (χ3n) is 4.18. The molecule has 0 saturated carbocycles. The van der Waals surface area contributed by atoms with Gasteiger partial charge in [0.2, 0.25) is 0 Å². The monoisotopic (exact) mass is 317 g/mol. The Kier molecular flexibility index (Phi) is 4.07. The summed E-state index contributed by atoms with van der Waals surface area (Å²) < 4.78 is 19.3. The van der Waals surface area contributed by atoms with Crippen LogP contribution in [0.1, 0.15) is 40.7 Å². The Morgan fingerprint density at radius 2 is 2.17 bits per heavy atom. The second-order valence-electron chi connectivity index (χ2n) is 6.08. The molecule has 0 unspecified atom stereocenters. The van der Waals surface area contributed by atoms with Crippen LogP contribution in [0.2, 0.25) is 0 Å². The van der Waals surface area contributed by atoms with Crippen molar-refractivity contribution in [2.24, 2.45) is 0 Å². The first kappa shape index (κ1) is 15.5. The lowest BCUT2D eigenvalue weighted by Crippen LogP contribution is -2.30. The second-order valence-corrected chi connectivity index (χ2v) is 6.08. The summed E-state index contributed by atoms with van der Waals surface area (Å²) in [7, 11) is 3.53. The highest BCUT2D eigenvalue weighted by Crippen LogP contribution is 2.33. The largest absolute Gasteiger partial charge is 0.375 e. The molecule has 1 aromatic carbocycles. The predicted molar refractivity (Wildman–Crippen MR) is 85.0 cm³/mol. The fraction of sp³-hybridized carbons (Fsp3) is 0.412. The summed E-state index contributed by atoms with van der Waals surface area (Å²) >= 11 is 0. The summed E-state index contributed by atoms with van der Waals surface area (Å²) in [5.74, 6) is 0.159. The van der Waals surface area contributed by atoms with Crippen molar-refractivity contribution in [3.63, 3.8) is 0 Å². The van der Waals surface area contributed by atoms with E-state index in [-0.39, 0.29) is 11.9 Å². The highest BCUT2D eigenvalue weighted by molar-refractivity contribution is 5.95. The lowest BCUT2D eigenvalue weighted by molar-refractivity contribution is 0.0730. The number of rotatable bonds is 3. The van der Waals surface area contributed by atoms with Crippen LogP contribution in [0.25, 0.3) is 0 Å². The van der Waals surface area contributed by atoms with Gasteiger partial charge >= 0.3 is 0 Å². The smallest absolute Gasteiger partial charge is 0.254 e. The molecule has 2 heterocycles. The molecule has 23 heavy (non-hydrogen) atoms. The van der Waals surface area contributed by atoms with E-state index in [9.17, 15) is 9.18 Å². The SMILES string of the molecule is Cc1cc([C@H]2CCCN2C(=O)c2ccc(N(C)C)c(F)c2)no1.